The van der Waals surface area contributed by atoms with Gasteiger partial charge in [-0.1, -0.05) is 0 Å². The molecule has 0 saturated heterocycles. The molecular formula is C9H14BrIN4O. The van der Waals surface area contributed by atoms with Crippen LogP contribution in [-0.2, 0) is 0 Å². The van der Waals surface area contributed by atoms with Crippen LogP contribution in [0.3, 0.4) is 0 Å². The molecule has 16 heavy (non-hydrogen) atoms. The van der Waals surface area contributed by atoms with E-state index in [0.29, 0.717) is 19.5 Å². The van der Waals surface area contributed by atoms with E-state index in [1.165, 1.54) is 0 Å². The number of rotatable bonds is 6. The Kier molecular flexibility index (Phi) is 7.60. The standard InChI is InChI=1S/C9H14BrIN4O/c1-14-8(10)5(3-12)7(16)6(4-13)9(11)15-2/h3-4,7,12-16H,1-2H3/b8-5+,9-6+,12-3?,13-4?. The zero-order valence-corrected chi connectivity index (χ0v) is 12.7. The Hall–Kier alpha value is -0.410. The first-order chi connectivity index (χ1) is 7.53. The Labute approximate surface area is 117 Å². The zero-order chi connectivity index (χ0) is 12.7. The van der Waals surface area contributed by atoms with Crippen molar-refractivity contribution < 1.29 is 5.11 Å². The van der Waals surface area contributed by atoms with Crippen molar-refractivity contribution >= 4 is 51.0 Å². The second-order valence-corrected chi connectivity index (χ2v) is 4.60. The molecule has 0 radical (unpaired) electrons. The fourth-order valence-electron chi connectivity index (χ4n) is 0.981. The molecule has 0 aliphatic carbocycles. The lowest BCUT2D eigenvalue weighted by molar-refractivity contribution is 0.258. The van der Waals surface area contributed by atoms with E-state index < -0.39 is 6.10 Å². The molecule has 0 spiro atoms. The van der Waals surface area contributed by atoms with Gasteiger partial charge in [0.2, 0.25) is 0 Å². The van der Waals surface area contributed by atoms with Gasteiger partial charge in [0, 0.05) is 37.7 Å². The summed E-state index contributed by atoms with van der Waals surface area (Å²) in [5, 5.41) is 30.2. The molecule has 1 unspecified atom stereocenters. The lowest BCUT2D eigenvalue weighted by Gasteiger charge is -2.16. The van der Waals surface area contributed by atoms with Crippen molar-refractivity contribution in [3.05, 3.63) is 19.5 Å². The molecule has 0 aliphatic rings. The van der Waals surface area contributed by atoms with Gasteiger partial charge < -0.3 is 26.6 Å². The molecule has 0 aromatic heterocycles. The van der Waals surface area contributed by atoms with Crippen LogP contribution < -0.4 is 10.6 Å². The van der Waals surface area contributed by atoms with E-state index in [9.17, 15) is 5.11 Å². The number of aliphatic hydroxyl groups is 1. The Balaban J connectivity index is 5.39. The second-order valence-electron chi connectivity index (χ2n) is 2.73. The van der Waals surface area contributed by atoms with Crippen LogP contribution in [0.15, 0.2) is 19.5 Å². The Morgan fingerprint density at radius 2 is 1.75 bits per heavy atom. The molecule has 90 valence electrons. The Morgan fingerprint density at radius 3 is 2.06 bits per heavy atom. The molecule has 0 fully saturated rings. The van der Waals surface area contributed by atoms with E-state index in [4.69, 9.17) is 10.8 Å². The first-order valence-corrected chi connectivity index (χ1v) is 6.24. The van der Waals surface area contributed by atoms with Gasteiger partial charge in [-0.05, 0) is 38.5 Å². The molecule has 7 heteroatoms. The highest BCUT2D eigenvalue weighted by Gasteiger charge is 2.18. The van der Waals surface area contributed by atoms with Crippen LogP contribution >= 0.6 is 38.5 Å². The van der Waals surface area contributed by atoms with Crippen molar-refractivity contribution in [1.29, 1.82) is 10.8 Å². The summed E-state index contributed by atoms with van der Waals surface area (Å²) in [5.41, 5.74) is 0.777. The third kappa shape index (κ3) is 3.87. The third-order valence-electron chi connectivity index (χ3n) is 1.85. The average molecular weight is 401 g/mol. The molecule has 0 rings (SSSR count). The van der Waals surface area contributed by atoms with E-state index >= 15 is 0 Å². The average Bonchev–Trinajstić information content (AvgIpc) is 2.30. The fraction of sp³-hybridized carbons (Fsp3) is 0.333. The summed E-state index contributed by atoms with van der Waals surface area (Å²) in [6, 6.07) is 0. The smallest absolute Gasteiger partial charge is 0.112 e. The summed E-state index contributed by atoms with van der Waals surface area (Å²) < 4.78 is 1.19. The summed E-state index contributed by atoms with van der Waals surface area (Å²) in [7, 11) is 3.38. The lowest BCUT2D eigenvalue weighted by atomic mass is 10.1. The van der Waals surface area contributed by atoms with Crippen molar-refractivity contribution in [2.24, 2.45) is 0 Å². The van der Waals surface area contributed by atoms with Gasteiger partial charge in [-0.25, -0.2) is 0 Å². The van der Waals surface area contributed by atoms with Gasteiger partial charge in [-0.3, -0.25) is 0 Å². The van der Waals surface area contributed by atoms with Crippen LogP contribution in [0.1, 0.15) is 0 Å². The minimum atomic E-state index is -1.02. The third-order valence-corrected chi connectivity index (χ3v) is 3.86. The van der Waals surface area contributed by atoms with Crippen molar-refractivity contribution in [3.63, 3.8) is 0 Å². The number of halogens is 2. The molecule has 5 N–H and O–H groups in total. The van der Waals surface area contributed by atoms with Gasteiger partial charge in [-0.15, -0.1) is 0 Å². The maximum absolute atomic E-state index is 10.0. The molecule has 5 nitrogen and oxygen atoms in total. The van der Waals surface area contributed by atoms with E-state index in [1.807, 2.05) is 22.6 Å². The van der Waals surface area contributed by atoms with Crippen molar-refractivity contribution in [2.45, 2.75) is 6.10 Å². The first-order valence-electron chi connectivity index (χ1n) is 4.37. The number of nitrogens with one attached hydrogen (secondary N) is 4. The van der Waals surface area contributed by atoms with Crippen molar-refractivity contribution in [1.82, 2.24) is 10.6 Å². The van der Waals surface area contributed by atoms with Gasteiger partial charge in [0.05, 0.1) is 8.31 Å². The van der Waals surface area contributed by atoms with Crippen LogP contribution in [0.4, 0.5) is 0 Å². The Bertz CT molecular complexity index is 308. The van der Waals surface area contributed by atoms with Gasteiger partial charge in [-0.2, -0.15) is 0 Å². The van der Waals surface area contributed by atoms with Crippen LogP contribution in [0, 0.1) is 10.8 Å². The van der Waals surface area contributed by atoms with Crippen LogP contribution in [0.2, 0.25) is 0 Å². The molecule has 0 amide bonds. The molecule has 0 aromatic carbocycles. The van der Waals surface area contributed by atoms with E-state index in [2.05, 4.69) is 26.6 Å². The largest absolute Gasteiger partial charge is 0.383 e. The predicted molar refractivity (Wildman–Crippen MR) is 78.7 cm³/mol. The van der Waals surface area contributed by atoms with Crippen molar-refractivity contribution in [3.8, 4) is 0 Å². The van der Waals surface area contributed by atoms with Gasteiger partial charge >= 0.3 is 0 Å². The summed E-state index contributed by atoms with van der Waals surface area (Å²) in [4.78, 5) is 0. The fourth-order valence-corrected chi connectivity index (χ4v) is 1.76. The normalized spacial score (nSPS) is 15.6. The monoisotopic (exact) mass is 400 g/mol. The molecule has 0 saturated carbocycles. The molecule has 0 heterocycles. The summed E-state index contributed by atoms with van der Waals surface area (Å²) in [6.45, 7) is 0. The maximum atomic E-state index is 10.0. The molecular weight excluding hydrogens is 387 g/mol. The quantitative estimate of drug-likeness (QED) is 0.264. The summed E-state index contributed by atoms with van der Waals surface area (Å²) in [5.74, 6) is 0. The van der Waals surface area contributed by atoms with Crippen LogP contribution in [0.5, 0.6) is 0 Å². The highest BCUT2D eigenvalue weighted by molar-refractivity contribution is 14.1. The predicted octanol–water partition coefficient (Wildman–Crippen LogP) is 1.34. The van der Waals surface area contributed by atoms with Crippen molar-refractivity contribution in [2.75, 3.05) is 14.1 Å². The number of aliphatic hydroxyl groups excluding tert-OH is 1. The van der Waals surface area contributed by atoms with Crippen LogP contribution in [0.25, 0.3) is 0 Å². The molecule has 0 bridgehead atoms. The number of hydrogen-bond acceptors (Lipinski definition) is 5. The maximum Gasteiger partial charge on any atom is 0.112 e. The highest BCUT2D eigenvalue weighted by Crippen LogP contribution is 2.19. The highest BCUT2D eigenvalue weighted by atomic mass is 127. The molecule has 0 aromatic rings. The van der Waals surface area contributed by atoms with E-state index in [0.717, 1.165) is 12.4 Å². The minimum Gasteiger partial charge on any atom is -0.383 e. The summed E-state index contributed by atoms with van der Waals surface area (Å²) >= 11 is 5.20. The second kappa shape index (κ2) is 7.80. The summed E-state index contributed by atoms with van der Waals surface area (Å²) in [6.07, 6.45) is 1.10. The van der Waals surface area contributed by atoms with Crippen LogP contribution in [-0.4, -0.2) is 37.7 Å². The molecule has 1 atom stereocenters. The Morgan fingerprint density at radius 1 is 1.25 bits per heavy atom. The zero-order valence-electron chi connectivity index (χ0n) is 8.94. The van der Waals surface area contributed by atoms with Gasteiger partial charge in [0.15, 0.2) is 0 Å². The van der Waals surface area contributed by atoms with Gasteiger partial charge in [0.25, 0.3) is 0 Å². The number of hydrogen-bond donors (Lipinski definition) is 5. The SMILES string of the molecule is CN/C(Br)=C(\C=N)C(O)/C(C=N)=C(\I)NC. The molecule has 0 aliphatic heterocycles. The van der Waals surface area contributed by atoms with E-state index in [1.54, 1.807) is 14.1 Å². The van der Waals surface area contributed by atoms with Gasteiger partial charge in [0.1, 0.15) is 6.10 Å². The minimum absolute atomic E-state index is 0.366. The topological polar surface area (TPSA) is 92.0 Å². The lowest BCUT2D eigenvalue weighted by Crippen LogP contribution is -2.22. The first kappa shape index (κ1) is 15.6. The van der Waals surface area contributed by atoms with E-state index in [-0.39, 0.29) is 0 Å².